The van der Waals surface area contributed by atoms with Gasteiger partial charge in [0, 0.05) is 13.1 Å². The van der Waals surface area contributed by atoms with E-state index < -0.39 is 0 Å². The molecule has 0 aliphatic rings. The maximum absolute atomic E-state index is 4.01. The van der Waals surface area contributed by atoms with E-state index in [4.69, 9.17) is 0 Å². The van der Waals surface area contributed by atoms with E-state index in [1.807, 2.05) is 25.1 Å². The number of allylic oxidation sites excluding steroid dienone is 1. The number of anilines is 1. The fourth-order valence-corrected chi connectivity index (χ4v) is 2.71. The van der Waals surface area contributed by atoms with Gasteiger partial charge in [-0.3, -0.25) is 5.10 Å². The van der Waals surface area contributed by atoms with Crippen LogP contribution in [0.1, 0.15) is 29.3 Å². The van der Waals surface area contributed by atoms with Gasteiger partial charge in [0.25, 0.3) is 0 Å². The molecule has 1 heterocycles. The van der Waals surface area contributed by atoms with Gasteiger partial charge >= 0.3 is 0 Å². The van der Waals surface area contributed by atoms with Gasteiger partial charge in [0.05, 0.1) is 17.6 Å². The Hall–Kier alpha value is -2.85. The highest BCUT2D eigenvalue weighted by molar-refractivity contribution is 5.70. The molecule has 2 N–H and O–H groups in total. The highest BCUT2D eigenvalue weighted by Crippen LogP contribution is 2.19. The van der Waals surface area contributed by atoms with Gasteiger partial charge in [-0.2, -0.15) is 5.10 Å². The zero-order valence-electron chi connectivity index (χ0n) is 16.8. The van der Waals surface area contributed by atoms with Gasteiger partial charge in [-0.1, -0.05) is 66.7 Å². The van der Waals surface area contributed by atoms with E-state index in [9.17, 15) is 0 Å². The smallest absolute Gasteiger partial charge is 0.0833 e. The molecule has 0 saturated heterocycles. The molecule has 2 aromatic carbocycles. The van der Waals surface area contributed by atoms with E-state index in [0.717, 1.165) is 30.0 Å². The minimum Gasteiger partial charge on any atom is -0.378 e. The van der Waals surface area contributed by atoms with Crippen LogP contribution in [0.5, 0.6) is 0 Å². The quantitative estimate of drug-likeness (QED) is 0.640. The van der Waals surface area contributed by atoms with Crippen molar-refractivity contribution in [3.63, 3.8) is 0 Å². The zero-order valence-corrected chi connectivity index (χ0v) is 16.8. The normalized spacial score (nSPS) is 10.3. The van der Waals surface area contributed by atoms with Crippen molar-refractivity contribution in [2.24, 2.45) is 0 Å². The average Bonchev–Trinajstić information content (AvgIpc) is 3.10. The molecule has 0 bridgehead atoms. The molecule has 0 amide bonds. The molecule has 0 atom stereocenters. The molecule has 0 saturated carbocycles. The van der Waals surface area contributed by atoms with Crippen LogP contribution < -0.4 is 5.32 Å². The van der Waals surface area contributed by atoms with Crippen molar-refractivity contribution in [1.82, 2.24) is 15.1 Å². The summed E-state index contributed by atoms with van der Waals surface area (Å²) in [6.07, 6.45) is 1.78. The summed E-state index contributed by atoms with van der Waals surface area (Å²) in [6.45, 7) is 9.81. The van der Waals surface area contributed by atoms with Crippen LogP contribution in [0.2, 0.25) is 0 Å². The van der Waals surface area contributed by atoms with Crippen LogP contribution in [0.3, 0.4) is 0 Å². The standard InChI is InChI=1S/C13H15N3.C10H15N/c1-10(2)13-12(9-15-16-13)14-8-11-6-4-3-5-7-11;1-9-5-4-6-10(7-9)8-11(2)3/h3-7,9,14H,1,8H2,2H3,(H,15,16);4-7H,8H2,1-3H3. The molecule has 0 radical (unpaired) electrons. The number of aromatic amines is 1. The van der Waals surface area contributed by atoms with Crippen molar-refractivity contribution >= 4 is 11.3 Å². The second kappa shape index (κ2) is 10.3. The van der Waals surface area contributed by atoms with Crippen LogP contribution in [-0.2, 0) is 13.1 Å². The Balaban J connectivity index is 0.000000208. The Bertz CT molecular complexity index is 834. The first-order valence-electron chi connectivity index (χ1n) is 9.13. The summed E-state index contributed by atoms with van der Waals surface area (Å²) < 4.78 is 0. The first kappa shape index (κ1) is 20.5. The number of hydrogen-bond acceptors (Lipinski definition) is 3. The third-order valence-electron chi connectivity index (χ3n) is 3.97. The van der Waals surface area contributed by atoms with E-state index in [2.05, 4.69) is 84.4 Å². The van der Waals surface area contributed by atoms with Crippen LogP contribution in [-0.4, -0.2) is 29.2 Å². The van der Waals surface area contributed by atoms with E-state index >= 15 is 0 Å². The fraction of sp³-hybridized carbons (Fsp3) is 0.261. The number of benzene rings is 2. The summed E-state index contributed by atoms with van der Waals surface area (Å²) >= 11 is 0. The molecule has 4 heteroatoms. The Morgan fingerprint density at radius 3 is 2.41 bits per heavy atom. The third kappa shape index (κ3) is 7.12. The first-order valence-corrected chi connectivity index (χ1v) is 9.13. The van der Waals surface area contributed by atoms with Gasteiger partial charge in [-0.05, 0) is 44.6 Å². The van der Waals surface area contributed by atoms with E-state index in [0.29, 0.717) is 0 Å². The van der Waals surface area contributed by atoms with Crippen LogP contribution in [0.15, 0.2) is 67.4 Å². The van der Waals surface area contributed by atoms with Crippen LogP contribution in [0.25, 0.3) is 5.57 Å². The number of nitrogens with zero attached hydrogens (tertiary/aromatic N) is 2. The molecular formula is C23H30N4. The predicted octanol–water partition coefficient (Wildman–Crippen LogP) is 5.11. The maximum Gasteiger partial charge on any atom is 0.0833 e. The largest absolute Gasteiger partial charge is 0.378 e. The summed E-state index contributed by atoms with van der Waals surface area (Å²) in [5.74, 6) is 0. The fourth-order valence-electron chi connectivity index (χ4n) is 2.71. The minimum atomic E-state index is 0.792. The van der Waals surface area contributed by atoms with Gasteiger partial charge < -0.3 is 10.2 Å². The molecule has 1 aromatic heterocycles. The number of rotatable bonds is 6. The highest BCUT2D eigenvalue weighted by atomic mass is 15.1. The lowest BCUT2D eigenvalue weighted by Gasteiger charge is -2.09. The Kier molecular flexibility index (Phi) is 7.83. The Morgan fingerprint density at radius 2 is 1.78 bits per heavy atom. The lowest BCUT2D eigenvalue weighted by atomic mass is 10.1. The molecule has 0 fully saturated rings. The summed E-state index contributed by atoms with van der Waals surface area (Å²) in [5, 5.41) is 10.3. The van der Waals surface area contributed by atoms with Crippen molar-refractivity contribution in [3.05, 3.63) is 89.8 Å². The molecule has 0 aliphatic heterocycles. The molecule has 142 valence electrons. The summed E-state index contributed by atoms with van der Waals surface area (Å²) in [7, 11) is 4.17. The predicted molar refractivity (Wildman–Crippen MR) is 116 cm³/mol. The SMILES string of the molecule is C=C(C)c1[nH]ncc1NCc1ccccc1.Cc1cccc(CN(C)C)c1. The van der Waals surface area contributed by atoms with Gasteiger partial charge in [-0.25, -0.2) is 0 Å². The molecule has 3 rings (SSSR count). The zero-order chi connectivity index (χ0) is 19.6. The number of hydrogen-bond donors (Lipinski definition) is 2. The number of H-pyrrole nitrogens is 1. The van der Waals surface area contributed by atoms with Crippen molar-refractivity contribution in [3.8, 4) is 0 Å². The van der Waals surface area contributed by atoms with Crippen molar-refractivity contribution < 1.29 is 0 Å². The monoisotopic (exact) mass is 362 g/mol. The molecule has 0 unspecified atom stereocenters. The van der Waals surface area contributed by atoms with Gasteiger partial charge in [0.1, 0.15) is 0 Å². The lowest BCUT2D eigenvalue weighted by molar-refractivity contribution is 0.402. The van der Waals surface area contributed by atoms with Crippen molar-refractivity contribution in [2.75, 3.05) is 19.4 Å². The molecule has 3 aromatic rings. The van der Waals surface area contributed by atoms with Crippen LogP contribution in [0, 0.1) is 6.92 Å². The van der Waals surface area contributed by atoms with Crippen LogP contribution in [0.4, 0.5) is 5.69 Å². The summed E-state index contributed by atoms with van der Waals surface area (Å²) in [6, 6.07) is 18.9. The lowest BCUT2D eigenvalue weighted by Crippen LogP contribution is -2.10. The number of aromatic nitrogens is 2. The van der Waals surface area contributed by atoms with E-state index in [1.54, 1.807) is 6.20 Å². The topological polar surface area (TPSA) is 44.0 Å². The molecule has 0 aliphatic carbocycles. The van der Waals surface area contributed by atoms with E-state index in [1.165, 1.54) is 16.7 Å². The maximum atomic E-state index is 4.01. The first-order chi connectivity index (χ1) is 13.0. The van der Waals surface area contributed by atoms with Gasteiger partial charge in [0.2, 0.25) is 0 Å². The summed E-state index contributed by atoms with van der Waals surface area (Å²) in [5.41, 5.74) is 6.91. The van der Waals surface area contributed by atoms with Crippen LogP contribution >= 0.6 is 0 Å². The number of aryl methyl sites for hydroxylation is 1. The molecule has 27 heavy (non-hydrogen) atoms. The molecular weight excluding hydrogens is 332 g/mol. The average molecular weight is 363 g/mol. The minimum absolute atomic E-state index is 0.792. The summed E-state index contributed by atoms with van der Waals surface area (Å²) in [4.78, 5) is 2.18. The Labute approximate surface area is 162 Å². The molecule has 4 nitrogen and oxygen atoms in total. The van der Waals surface area contributed by atoms with Gasteiger partial charge in [0.15, 0.2) is 0 Å². The van der Waals surface area contributed by atoms with E-state index in [-0.39, 0.29) is 0 Å². The highest BCUT2D eigenvalue weighted by Gasteiger charge is 2.04. The van der Waals surface area contributed by atoms with Crippen molar-refractivity contribution in [2.45, 2.75) is 26.9 Å². The van der Waals surface area contributed by atoms with Gasteiger partial charge in [-0.15, -0.1) is 0 Å². The Morgan fingerprint density at radius 1 is 1.07 bits per heavy atom. The molecule has 0 spiro atoms. The number of nitrogens with one attached hydrogen (secondary N) is 2. The van der Waals surface area contributed by atoms with Crippen molar-refractivity contribution in [1.29, 1.82) is 0 Å². The second-order valence-electron chi connectivity index (χ2n) is 7.00. The second-order valence-corrected chi connectivity index (χ2v) is 7.00. The third-order valence-corrected chi connectivity index (χ3v) is 3.97.